The Labute approximate surface area is 166 Å². The van der Waals surface area contributed by atoms with Crippen molar-refractivity contribution in [1.29, 1.82) is 0 Å². The number of aryl methyl sites for hydroxylation is 1. The highest BCUT2D eigenvalue weighted by Crippen LogP contribution is 2.32. The number of benzene rings is 1. The van der Waals surface area contributed by atoms with E-state index >= 15 is 0 Å². The minimum absolute atomic E-state index is 0.118. The summed E-state index contributed by atoms with van der Waals surface area (Å²) in [5.74, 6) is 0.121. The van der Waals surface area contributed by atoms with Crippen LogP contribution in [0.1, 0.15) is 51.2 Å². The van der Waals surface area contributed by atoms with Crippen LogP contribution in [-0.4, -0.2) is 53.4 Å². The minimum atomic E-state index is -1.20. The lowest BCUT2D eigenvalue weighted by molar-refractivity contribution is -0.142. The minimum Gasteiger partial charge on any atom is -0.496 e. The Morgan fingerprint density at radius 3 is 2.46 bits per heavy atom. The van der Waals surface area contributed by atoms with Gasteiger partial charge in [0.05, 0.1) is 7.11 Å². The summed E-state index contributed by atoms with van der Waals surface area (Å²) < 4.78 is 5.27. The number of carbonyl (C=O) groups excluding carboxylic acids is 3. The number of ether oxygens (including phenoxy) is 1. The molecule has 0 bridgehead atoms. The highest BCUT2D eigenvalue weighted by molar-refractivity contribution is 6.09. The second kappa shape index (κ2) is 7.45. The number of nitrogens with zero attached hydrogens (tertiary/aromatic N) is 2. The maximum absolute atomic E-state index is 13.1. The molecule has 7 nitrogen and oxygen atoms in total. The summed E-state index contributed by atoms with van der Waals surface area (Å²) in [6.07, 6.45) is 2.97. The maximum atomic E-state index is 13.1. The zero-order valence-corrected chi connectivity index (χ0v) is 17.2. The average Bonchev–Trinajstić information content (AvgIpc) is 2.85. The van der Waals surface area contributed by atoms with Gasteiger partial charge in [-0.05, 0) is 70.2 Å². The molecule has 28 heavy (non-hydrogen) atoms. The number of hydrogen-bond donors (Lipinski definition) is 1. The fraction of sp³-hybridized carbons (Fsp3) is 0.571. The normalized spacial score (nSPS) is 27.8. The lowest BCUT2D eigenvalue weighted by Crippen LogP contribution is -2.52. The van der Waals surface area contributed by atoms with Crippen LogP contribution >= 0.6 is 0 Å². The number of piperidine rings is 1. The van der Waals surface area contributed by atoms with Crippen molar-refractivity contribution in [2.75, 3.05) is 13.7 Å². The number of nitrogens with one attached hydrogen (secondary N) is 1. The summed E-state index contributed by atoms with van der Waals surface area (Å²) >= 11 is 0. The number of likely N-dealkylation sites (tertiary alicyclic amines) is 1. The molecule has 7 heteroatoms. The smallest absolute Gasteiger partial charge is 0.325 e. The van der Waals surface area contributed by atoms with Crippen LogP contribution in [0, 0.1) is 6.92 Å². The van der Waals surface area contributed by atoms with E-state index in [-0.39, 0.29) is 24.5 Å². The Hall–Kier alpha value is -2.57. The topological polar surface area (TPSA) is 79.0 Å². The van der Waals surface area contributed by atoms with Crippen molar-refractivity contribution >= 4 is 17.8 Å². The third-order valence-electron chi connectivity index (χ3n) is 6.02. The summed E-state index contributed by atoms with van der Waals surface area (Å²) in [6, 6.07) is 5.08. The summed E-state index contributed by atoms with van der Waals surface area (Å²) in [5, 5.41) is 2.77. The lowest BCUT2D eigenvalue weighted by atomic mass is 9.90. The van der Waals surface area contributed by atoms with E-state index in [1.165, 1.54) is 0 Å². The van der Waals surface area contributed by atoms with Crippen molar-refractivity contribution in [1.82, 2.24) is 15.1 Å². The van der Waals surface area contributed by atoms with Gasteiger partial charge in [0.25, 0.3) is 5.91 Å². The van der Waals surface area contributed by atoms with Crippen LogP contribution in [0.3, 0.4) is 0 Å². The van der Waals surface area contributed by atoms with Gasteiger partial charge in [-0.2, -0.15) is 0 Å². The summed E-state index contributed by atoms with van der Waals surface area (Å²) in [5.41, 5.74) is 0.334. The van der Waals surface area contributed by atoms with Crippen molar-refractivity contribution < 1.29 is 19.1 Å². The Bertz CT molecular complexity index is 799. The molecule has 3 unspecified atom stereocenters. The quantitative estimate of drug-likeness (QED) is 0.806. The fourth-order valence-corrected chi connectivity index (χ4v) is 4.36. The number of rotatable bonds is 4. The van der Waals surface area contributed by atoms with Crippen LogP contribution < -0.4 is 10.1 Å². The van der Waals surface area contributed by atoms with Crippen LogP contribution in [0.4, 0.5) is 4.79 Å². The van der Waals surface area contributed by atoms with Gasteiger partial charge in [-0.3, -0.25) is 14.5 Å². The van der Waals surface area contributed by atoms with Crippen LogP contribution in [0.15, 0.2) is 18.2 Å². The first-order chi connectivity index (χ1) is 13.2. The molecule has 3 rings (SSSR count). The van der Waals surface area contributed by atoms with Crippen molar-refractivity contribution in [2.45, 2.75) is 64.6 Å². The lowest BCUT2D eigenvalue weighted by Gasteiger charge is -2.39. The van der Waals surface area contributed by atoms with Gasteiger partial charge in [0.1, 0.15) is 17.8 Å². The van der Waals surface area contributed by atoms with E-state index in [9.17, 15) is 14.4 Å². The largest absolute Gasteiger partial charge is 0.496 e. The SMILES string of the molecule is COc1ccc(C2(C)NC(=O)N(CC(=O)N3C(C)CCCC3C)C2=O)cc1C. The van der Waals surface area contributed by atoms with Gasteiger partial charge in [-0.1, -0.05) is 6.07 Å². The molecule has 0 saturated carbocycles. The predicted octanol–water partition coefficient (Wildman–Crippen LogP) is 2.56. The highest BCUT2D eigenvalue weighted by Gasteiger charge is 2.50. The van der Waals surface area contributed by atoms with Crippen LogP contribution in [0.2, 0.25) is 0 Å². The van der Waals surface area contributed by atoms with E-state index in [1.54, 1.807) is 26.2 Å². The maximum Gasteiger partial charge on any atom is 0.325 e. The van der Waals surface area contributed by atoms with Gasteiger partial charge in [-0.25, -0.2) is 4.79 Å². The van der Waals surface area contributed by atoms with E-state index < -0.39 is 17.5 Å². The molecule has 2 aliphatic heterocycles. The van der Waals surface area contributed by atoms with Crippen molar-refractivity contribution in [3.8, 4) is 5.75 Å². The molecule has 2 aliphatic rings. The van der Waals surface area contributed by atoms with Gasteiger partial charge in [0, 0.05) is 12.1 Å². The van der Waals surface area contributed by atoms with E-state index in [1.807, 2.05) is 31.7 Å². The van der Waals surface area contributed by atoms with Gasteiger partial charge in [-0.15, -0.1) is 0 Å². The molecule has 0 spiro atoms. The molecular formula is C21H29N3O4. The standard InChI is InChI=1S/C21H29N3O4/c1-13-11-16(9-10-17(13)28-5)21(4)19(26)23(20(27)22-21)12-18(25)24-14(2)7-6-8-15(24)3/h9-11,14-15H,6-8,12H2,1-5H3,(H,22,27). The van der Waals surface area contributed by atoms with Crippen molar-refractivity contribution in [3.63, 3.8) is 0 Å². The van der Waals surface area contributed by atoms with Crippen LogP contribution in [-0.2, 0) is 15.1 Å². The molecule has 2 heterocycles. The van der Waals surface area contributed by atoms with E-state index in [4.69, 9.17) is 4.74 Å². The van der Waals surface area contributed by atoms with Gasteiger partial charge in [0.15, 0.2) is 0 Å². The first-order valence-electron chi connectivity index (χ1n) is 9.79. The molecule has 1 N–H and O–H groups in total. The Morgan fingerprint density at radius 1 is 1.25 bits per heavy atom. The second-order valence-electron chi connectivity index (χ2n) is 8.06. The Morgan fingerprint density at radius 2 is 1.89 bits per heavy atom. The van der Waals surface area contributed by atoms with Gasteiger partial charge >= 0.3 is 6.03 Å². The number of urea groups is 1. The Kier molecular flexibility index (Phi) is 5.37. The number of imide groups is 1. The summed E-state index contributed by atoms with van der Waals surface area (Å²) in [4.78, 5) is 41.4. The molecule has 4 amide bonds. The van der Waals surface area contributed by atoms with Crippen LogP contribution in [0.25, 0.3) is 0 Å². The summed E-state index contributed by atoms with van der Waals surface area (Å²) in [6.45, 7) is 7.36. The molecule has 1 aromatic carbocycles. The number of carbonyl (C=O) groups is 3. The number of amides is 4. The molecule has 0 aliphatic carbocycles. The van der Waals surface area contributed by atoms with Gasteiger partial charge < -0.3 is 15.0 Å². The van der Waals surface area contributed by atoms with Gasteiger partial charge in [0.2, 0.25) is 5.91 Å². The van der Waals surface area contributed by atoms with E-state index in [0.29, 0.717) is 11.3 Å². The fourth-order valence-electron chi connectivity index (χ4n) is 4.36. The number of hydrogen-bond acceptors (Lipinski definition) is 4. The molecule has 0 aromatic heterocycles. The average molecular weight is 387 g/mol. The molecule has 3 atom stereocenters. The summed E-state index contributed by atoms with van der Waals surface area (Å²) in [7, 11) is 1.59. The molecule has 2 saturated heterocycles. The molecule has 152 valence electrons. The third kappa shape index (κ3) is 3.34. The van der Waals surface area contributed by atoms with Crippen LogP contribution in [0.5, 0.6) is 5.75 Å². The zero-order valence-electron chi connectivity index (χ0n) is 17.2. The molecule has 0 radical (unpaired) electrons. The predicted molar refractivity (Wildman–Crippen MR) is 105 cm³/mol. The third-order valence-corrected chi connectivity index (χ3v) is 6.02. The second-order valence-corrected chi connectivity index (χ2v) is 8.06. The van der Waals surface area contributed by atoms with Crippen molar-refractivity contribution in [2.24, 2.45) is 0 Å². The highest BCUT2D eigenvalue weighted by atomic mass is 16.5. The Balaban J connectivity index is 1.81. The number of methoxy groups -OCH3 is 1. The first-order valence-corrected chi connectivity index (χ1v) is 9.79. The van der Waals surface area contributed by atoms with E-state index in [2.05, 4.69) is 5.32 Å². The molecule has 1 aromatic rings. The zero-order chi connectivity index (χ0) is 20.6. The molecular weight excluding hydrogens is 358 g/mol. The molecule has 2 fully saturated rings. The van der Waals surface area contributed by atoms with Crippen molar-refractivity contribution in [3.05, 3.63) is 29.3 Å². The van der Waals surface area contributed by atoms with E-state index in [0.717, 1.165) is 29.7 Å². The monoisotopic (exact) mass is 387 g/mol. The first kappa shape index (κ1) is 20.2.